The van der Waals surface area contributed by atoms with Crippen LogP contribution < -0.4 is 10.1 Å². The average Bonchev–Trinajstić information content (AvgIpc) is 3.18. The molecule has 1 atom stereocenters. The highest BCUT2D eigenvalue weighted by Gasteiger charge is 2.20. The van der Waals surface area contributed by atoms with Crippen molar-refractivity contribution in [2.24, 2.45) is 0 Å². The van der Waals surface area contributed by atoms with E-state index in [0.717, 1.165) is 27.6 Å². The molecule has 5 nitrogen and oxygen atoms in total. The van der Waals surface area contributed by atoms with Crippen LogP contribution in [0.2, 0.25) is 10.0 Å². The van der Waals surface area contributed by atoms with Crippen LogP contribution in [-0.2, 0) is 24.4 Å². The fourth-order valence-corrected chi connectivity index (χ4v) is 4.02. The van der Waals surface area contributed by atoms with Gasteiger partial charge in [-0.05, 0) is 47.5 Å². The molecule has 0 aliphatic rings. The zero-order valence-electron chi connectivity index (χ0n) is 17.1. The first-order chi connectivity index (χ1) is 15.5. The molecule has 4 aromatic rings. The van der Waals surface area contributed by atoms with Crippen molar-refractivity contribution in [3.8, 4) is 5.75 Å². The van der Waals surface area contributed by atoms with Gasteiger partial charge in [0.25, 0.3) is 0 Å². The molecule has 0 radical (unpaired) electrons. The topological polar surface area (TPSA) is 74.3 Å². The highest BCUT2D eigenvalue weighted by Crippen LogP contribution is 2.25. The summed E-state index contributed by atoms with van der Waals surface area (Å²) in [5.74, 6) is -0.281. The van der Waals surface area contributed by atoms with E-state index in [9.17, 15) is 9.90 Å². The predicted octanol–water partition coefficient (Wildman–Crippen LogP) is 5.84. The maximum atomic E-state index is 11.9. The van der Waals surface area contributed by atoms with E-state index in [1.807, 2.05) is 54.7 Å². The van der Waals surface area contributed by atoms with Crippen molar-refractivity contribution in [1.82, 2.24) is 10.3 Å². The number of aliphatic carboxylic acids is 1. The van der Waals surface area contributed by atoms with Gasteiger partial charge in [-0.15, -0.1) is 0 Å². The third kappa shape index (κ3) is 5.43. The molecule has 0 unspecified atom stereocenters. The summed E-state index contributed by atoms with van der Waals surface area (Å²) in [5, 5.41) is 15.1. The smallest absolute Gasteiger partial charge is 0.321 e. The summed E-state index contributed by atoms with van der Waals surface area (Å²) >= 11 is 12.2. The zero-order chi connectivity index (χ0) is 22.5. The van der Waals surface area contributed by atoms with Crippen LogP contribution in [-0.4, -0.2) is 22.1 Å². The van der Waals surface area contributed by atoms with E-state index in [1.54, 1.807) is 18.2 Å². The molecule has 0 saturated carbocycles. The van der Waals surface area contributed by atoms with E-state index in [-0.39, 0.29) is 0 Å². The standard InChI is InChI=1S/C25H22Cl2N2O3/c26-19-5-3-4-16(10-19)15-32-24-9-8-20(27)11-18(24)14-29-23(25(30)31)12-17-13-28-22-7-2-1-6-21(17)22/h1-11,13,23,28-29H,12,14-15H2,(H,30,31)/t23-/m0/s1. The normalized spacial score (nSPS) is 12.1. The molecule has 0 saturated heterocycles. The van der Waals surface area contributed by atoms with Gasteiger partial charge in [-0.1, -0.05) is 53.5 Å². The van der Waals surface area contributed by atoms with Gasteiger partial charge >= 0.3 is 5.97 Å². The largest absolute Gasteiger partial charge is 0.489 e. The van der Waals surface area contributed by atoms with Gasteiger partial charge in [0, 0.05) is 45.7 Å². The summed E-state index contributed by atoms with van der Waals surface area (Å²) in [6.07, 6.45) is 2.21. The highest BCUT2D eigenvalue weighted by molar-refractivity contribution is 6.30. The van der Waals surface area contributed by atoms with Crippen LogP contribution in [0, 0.1) is 0 Å². The maximum Gasteiger partial charge on any atom is 0.321 e. The van der Waals surface area contributed by atoms with Crippen molar-refractivity contribution in [1.29, 1.82) is 0 Å². The summed E-state index contributed by atoms with van der Waals surface area (Å²) in [5.41, 5.74) is 3.65. The lowest BCUT2D eigenvalue weighted by Crippen LogP contribution is -2.38. The van der Waals surface area contributed by atoms with Crippen molar-refractivity contribution in [3.05, 3.63) is 99.7 Å². The minimum atomic E-state index is -0.918. The number of carboxylic acid groups (broad SMARTS) is 1. The first-order valence-electron chi connectivity index (χ1n) is 10.2. The number of H-pyrrole nitrogens is 1. The number of benzene rings is 3. The molecule has 1 aromatic heterocycles. The first kappa shape index (κ1) is 22.2. The Kier molecular flexibility index (Phi) is 7.00. The van der Waals surface area contributed by atoms with Gasteiger partial charge in [0.15, 0.2) is 0 Å². The number of ether oxygens (including phenoxy) is 1. The minimum Gasteiger partial charge on any atom is -0.489 e. The van der Waals surface area contributed by atoms with Gasteiger partial charge in [-0.3, -0.25) is 10.1 Å². The van der Waals surface area contributed by atoms with Crippen molar-refractivity contribution in [3.63, 3.8) is 0 Å². The summed E-state index contributed by atoms with van der Waals surface area (Å²) < 4.78 is 5.98. The maximum absolute atomic E-state index is 11.9. The molecule has 32 heavy (non-hydrogen) atoms. The molecule has 0 spiro atoms. The van der Waals surface area contributed by atoms with E-state index in [4.69, 9.17) is 27.9 Å². The molecule has 0 aliphatic carbocycles. The molecule has 7 heteroatoms. The summed E-state index contributed by atoms with van der Waals surface area (Å²) in [6, 6.07) is 19.8. The van der Waals surface area contributed by atoms with E-state index >= 15 is 0 Å². The third-order valence-electron chi connectivity index (χ3n) is 5.24. The van der Waals surface area contributed by atoms with E-state index in [1.165, 1.54) is 0 Å². The quantitative estimate of drug-likeness (QED) is 0.288. The van der Waals surface area contributed by atoms with Crippen molar-refractivity contribution in [2.45, 2.75) is 25.6 Å². The number of hydrogen-bond acceptors (Lipinski definition) is 3. The number of carbonyl (C=O) groups is 1. The Balaban J connectivity index is 1.47. The van der Waals surface area contributed by atoms with Crippen LogP contribution in [0.4, 0.5) is 0 Å². The molecule has 0 aliphatic heterocycles. The number of nitrogens with one attached hydrogen (secondary N) is 2. The Hall–Kier alpha value is -2.99. The van der Waals surface area contributed by atoms with Gasteiger partial charge < -0.3 is 14.8 Å². The number of hydrogen-bond donors (Lipinski definition) is 3. The van der Waals surface area contributed by atoms with E-state index in [2.05, 4.69) is 10.3 Å². The zero-order valence-corrected chi connectivity index (χ0v) is 18.7. The van der Waals surface area contributed by atoms with Crippen molar-refractivity contribution >= 4 is 40.1 Å². The van der Waals surface area contributed by atoms with Gasteiger partial charge in [0.05, 0.1) is 0 Å². The number of aromatic nitrogens is 1. The Labute approximate surface area is 195 Å². The second-order valence-corrected chi connectivity index (χ2v) is 8.38. The lowest BCUT2D eigenvalue weighted by molar-refractivity contribution is -0.139. The predicted molar refractivity (Wildman–Crippen MR) is 128 cm³/mol. The van der Waals surface area contributed by atoms with Crippen molar-refractivity contribution in [2.75, 3.05) is 0 Å². The average molecular weight is 469 g/mol. The molecule has 1 heterocycles. The lowest BCUT2D eigenvalue weighted by Gasteiger charge is -2.17. The first-order valence-corrected chi connectivity index (χ1v) is 10.9. The number of rotatable bonds is 9. The fraction of sp³-hybridized carbons (Fsp3) is 0.160. The van der Waals surface area contributed by atoms with Gasteiger partial charge in [0.2, 0.25) is 0 Å². The second kappa shape index (κ2) is 10.1. The minimum absolute atomic E-state index is 0.296. The number of carboxylic acids is 1. The second-order valence-electron chi connectivity index (χ2n) is 7.51. The summed E-state index contributed by atoms with van der Waals surface area (Å²) in [6.45, 7) is 0.637. The SMILES string of the molecule is O=C(O)[C@H](Cc1c[nH]c2ccccc12)NCc1cc(Cl)ccc1OCc1cccc(Cl)c1. The molecular weight excluding hydrogens is 447 g/mol. The van der Waals surface area contributed by atoms with Crippen LogP contribution in [0.5, 0.6) is 5.75 Å². The summed E-state index contributed by atoms with van der Waals surface area (Å²) in [4.78, 5) is 15.1. The molecule has 0 fully saturated rings. The number of para-hydroxylation sites is 1. The molecule has 4 rings (SSSR count). The fourth-order valence-electron chi connectivity index (χ4n) is 3.62. The van der Waals surface area contributed by atoms with Gasteiger partial charge in [-0.2, -0.15) is 0 Å². The monoisotopic (exact) mass is 468 g/mol. The van der Waals surface area contributed by atoms with Crippen LogP contribution >= 0.6 is 23.2 Å². The van der Waals surface area contributed by atoms with Crippen LogP contribution in [0.3, 0.4) is 0 Å². The Morgan fingerprint density at radius 3 is 2.62 bits per heavy atom. The number of halogens is 2. The molecule has 164 valence electrons. The van der Waals surface area contributed by atoms with Gasteiger partial charge in [-0.25, -0.2) is 0 Å². The molecular formula is C25H22Cl2N2O3. The van der Waals surface area contributed by atoms with Gasteiger partial charge in [0.1, 0.15) is 18.4 Å². The van der Waals surface area contributed by atoms with Crippen LogP contribution in [0.15, 0.2) is 72.9 Å². The number of aromatic amines is 1. The highest BCUT2D eigenvalue weighted by atomic mass is 35.5. The Bertz CT molecular complexity index is 1240. The lowest BCUT2D eigenvalue weighted by atomic mass is 10.0. The molecule has 0 amide bonds. The summed E-state index contributed by atoms with van der Waals surface area (Å²) in [7, 11) is 0. The number of fused-ring (bicyclic) bond motifs is 1. The van der Waals surface area contributed by atoms with Crippen LogP contribution in [0.1, 0.15) is 16.7 Å². The Morgan fingerprint density at radius 1 is 1.00 bits per heavy atom. The van der Waals surface area contributed by atoms with Crippen molar-refractivity contribution < 1.29 is 14.6 Å². The third-order valence-corrected chi connectivity index (χ3v) is 5.71. The molecule has 0 bridgehead atoms. The molecule has 3 aromatic carbocycles. The Morgan fingerprint density at radius 2 is 1.81 bits per heavy atom. The molecule has 3 N–H and O–H groups in total. The van der Waals surface area contributed by atoms with E-state index in [0.29, 0.717) is 35.4 Å². The van der Waals surface area contributed by atoms with E-state index < -0.39 is 12.0 Å². The van der Waals surface area contributed by atoms with Crippen LogP contribution in [0.25, 0.3) is 10.9 Å².